The van der Waals surface area contributed by atoms with E-state index in [1.54, 1.807) is 23.3 Å². The van der Waals surface area contributed by atoms with Gasteiger partial charge in [0.2, 0.25) is 0 Å². The minimum absolute atomic E-state index is 0.0349. The first-order valence-corrected chi connectivity index (χ1v) is 8.34. The number of carbonyl (C=O) groups is 2. The summed E-state index contributed by atoms with van der Waals surface area (Å²) >= 11 is 0. The van der Waals surface area contributed by atoms with Crippen LogP contribution in [0.25, 0.3) is 5.82 Å². The molecule has 0 unspecified atom stereocenters. The number of nitrogens with zero attached hydrogens (tertiary/aromatic N) is 3. The van der Waals surface area contributed by atoms with Gasteiger partial charge in [0.1, 0.15) is 0 Å². The van der Waals surface area contributed by atoms with Gasteiger partial charge in [-0.25, -0.2) is 14.5 Å². The van der Waals surface area contributed by atoms with E-state index in [2.05, 4.69) is 20.7 Å². The van der Waals surface area contributed by atoms with Crippen molar-refractivity contribution in [2.75, 3.05) is 0 Å². The fourth-order valence-electron chi connectivity index (χ4n) is 3.00. The first kappa shape index (κ1) is 16.9. The van der Waals surface area contributed by atoms with Crippen molar-refractivity contribution in [2.24, 2.45) is 5.92 Å². The van der Waals surface area contributed by atoms with Crippen LogP contribution in [0.3, 0.4) is 0 Å². The SMILES string of the molecule is O=C(NCc1ccnc(-n2cccn2)c1)NC1CCC(C(=O)O)CC1. The Morgan fingerprint density at radius 3 is 2.72 bits per heavy atom. The van der Waals surface area contributed by atoms with Gasteiger partial charge in [-0.3, -0.25) is 4.79 Å². The van der Waals surface area contributed by atoms with Gasteiger partial charge in [-0.1, -0.05) is 0 Å². The molecule has 1 saturated carbocycles. The fourth-order valence-corrected chi connectivity index (χ4v) is 3.00. The van der Waals surface area contributed by atoms with Gasteiger partial charge in [0.05, 0.1) is 5.92 Å². The van der Waals surface area contributed by atoms with Crippen LogP contribution in [0.1, 0.15) is 31.2 Å². The molecule has 2 amide bonds. The van der Waals surface area contributed by atoms with Crippen molar-refractivity contribution < 1.29 is 14.7 Å². The number of aromatic nitrogens is 3. The van der Waals surface area contributed by atoms with Gasteiger partial charge >= 0.3 is 12.0 Å². The Bertz CT molecular complexity index is 724. The topological polar surface area (TPSA) is 109 Å². The Labute approximate surface area is 145 Å². The molecule has 2 heterocycles. The van der Waals surface area contributed by atoms with Gasteiger partial charge in [-0.2, -0.15) is 5.10 Å². The molecule has 132 valence electrons. The minimum atomic E-state index is -0.742. The Hall–Kier alpha value is -2.90. The average Bonchev–Trinajstić information content (AvgIpc) is 3.15. The first-order chi connectivity index (χ1) is 12.1. The van der Waals surface area contributed by atoms with Crippen LogP contribution in [0.2, 0.25) is 0 Å². The van der Waals surface area contributed by atoms with Gasteiger partial charge < -0.3 is 15.7 Å². The predicted octanol–water partition coefficient (Wildman–Crippen LogP) is 1.71. The Morgan fingerprint density at radius 2 is 2.04 bits per heavy atom. The Kier molecular flexibility index (Phi) is 5.27. The number of carboxylic acid groups (broad SMARTS) is 1. The maximum atomic E-state index is 12.0. The zero-order valence-corrected chi connectivity index (χ0v) is 13.8. The van der Waals surface area contributed by atoms with E-state index in [1.165, 1.54) is 0 Å². The molecular weight excluding hydrogens is 322 g/mol. The normalized spacial score (nSPS) is 20.0. The van der Waals surface area contributed by atoms with Crippen LogP contribution < -0.4 is 10.6 Å². The van der Waals surface area contributed by atoms with Crippen LogP contribution in [0.4, 0.5) is 4.79 Å². The summed E-state index contributed by atoms with van der Waals surface area (Å²) in [7, 11) is 0. The largest absolute Gasteiger partial charge is 0.481 e. The van der Waals surface area contributed by atoms with Crippen LogP contribution in [0.15, 0.2) is 36.8 Å². The van der Waals surface area contributed by atoms with E-state index in [4.69, 9.17) is 5.11 Å². The molecule has 3 N–H and O–H groups in total. The second kappa shape index (κ2) is 7.78. The van der Waals surface area contributed by atoms with Crippen molar-refractivity contribution >= 4 is 12.0 Å². The summed E-state index contributed by atoms with van der Waals surface area (Å²) in [6, 6.07) is 5.32. The molecule has 8 nitrogen and oxygen atoms in total. The number of hydrogen-bond donors (Lipinski definition) is 3. The average molecular weight is 343 g/mol. The van der Waals surface area contributed by atoms with Crippen molar-refractivity contribution in [3.8, 4) is 5.82 Å². The highest BCUT2D eigenvalue weighted by molar-refractivity contribution is 5.74. The number of hydrogen-bond acceptors (Lipinski definition) is 4. The van der Waals surface area contributed by atoms with E-state index < -0.39 is 5.97 Å². The summed E-state index contributed by atoms with van der Waals surface area (Å²) in [4.78, 5) is 27.2. The highest BCUT2D eigenvalue weighted by Crippen LogP contribution is 2.24. The van der Waals surface area contributed by atoms with E-state index in [1.807, 2.05) is 18.2 Å². The molecule has 0 radical (unpaired) electrons. The van der Waals surface area contributed by atoms with Crippen LogP contribution in [-0.4, -0.2) is 37.9 Å². The van der Waals surface area contributed by atoms with E-state index in [0.717, 1.165) is 5.56 Å². The monoisotopic (exact) mass is 343 g/mol. The number of pyridine rings is 1. The molecular formula is C17H21N5O3. The second-order valence-electron chi connectivity index (χ2n) is 6.19. The van der Waals surface area contributed by atoms with Crippen LogP contribution in [0.5, 0.6) is 0 Å². The molecule has 1 aliphatic rings. The number of amides is 2. The lowest BCUT2D eigenvalue weighted by Gasteiger charge is -2.26. The van der Waals surface area contributed by atoms with Gasteiger partial charge in [0.25, 0.3) is 0 Å². The molecule has 2 aromatic heterocycles. The molecule has 0 atom stereocenters. The predicted molar refractivity (Wildman–Crippen MR) is 90.1 cm³/mol. The molecule has 0 saturated heterocycles. The van der Waals surface area contributed by atoms with Gasteiger partial charge in [0.15, 0.2) is 5.82 Å². The van der Waals surface area contributed by atoms with Gasteiger partial charge in [0, 0.05) is 31.2 Å². The fraction of sp³-hybridized carbons (Fsp3) is 0.412. The van der Waals surface area contributed by atoms with Crippen molar-refractivity contribution in [1.29, 1.82) is 0 Å². The summed E-state index contributed by atoms with van der Waals surface area (Å²) in [5.74, 6) is -0.330. The van der Waals surface area contributed by atoms with Crippen molar-refractivity contribution in [3.63, 3.8) is 0 Å². The molecule has 25 heavy (non-hydrogen) atoms. The molecule has 0 aromatic carbocycles. The molecule has 1 aliphatic carbocycles. The third kappa shape index (κ3) is 4.56. The highest BCUT2D eigenvalue weighted by atomic mass is 16.4. The maximum Gasteiger partial charge on any atom is 0.315 e. The smallest absolute Gasteiger partial charge is 0.315 e. The third-order valence-electron chi connectivity index (χ3n) is 4.41. The van der Waals surface area contributed by atoms with E-state index in [-0.39, 0.29) is 18.0 Å². The zero-order valence-electron chi connectivity index (χ0n) is 13.8. The highest BCUT2D eigenvalue weighted by Gasteiger charge is 2.26. The molecule has 2 aromatic rings. The summed E-state index contributed by atoms with van der Waals surface area (Å²) in [5.41, 5.74) is 0.922. The molecule has 0 bridgehead atoms. The first-order valence-electron chi connectivity index (χ1n) is 8.34. The van der Waals surface area contributed by atoms with Crippen LogP contribution in [0, 0.1) is 5.92 Å². The van der Waals surface area contributed by atoms with E-state index >= 15 is 0 Å². The molecule has 0 spiro atoms. The lowest BCUT2D eigenvalue weighted by Crippen LogP contribution is -2.43. The van der Waals surface area contributed by atoms with E-state index in [9.17, 15) is 9.59 Å². The molecule has 3 rings (SSSR count). The van der Waals surface area contributed by atoms with Crippen LogP contribution in [-0.2, 0) is 11.3 Å². The van der Waals surface area contributed by atoms with Gasteiger partial charge in [-0.15, -0.1) is 0 Å². The van der Waals surface area contributed by atoms with Crippen molar-refractivity contribution in [1.82, 2.24) is 25.4 Å². The summed E-state index contributed by atoms with van der Waals surface area (Å²) < 4.78 is 1.66. The third-order valence-corrected chi connectivity index (χ3v) is 4.41. The van der Waals surface area contributed by atoms with Gasteiger partial charge in [-0.05, 0) is 49.4 Å². The number of aliphatic carboxylic acids is 1. The standard InChI is InChI=1S/C17H21N5O3/c23-16(24)13-2-4-14(5-3-13)21-17(25)19-11-12-6-8-18-15(10-12)22-9-1-7-20-22/h1,6-10,13-14H,2-5,11H2,(H,23,24)(H2,19,21,25). The summed E-state index contributed by atoms with van der Waals surface area (Å²) in [6.07, 6.45) is 7.78. The lowest BCUT2D eigenvalue weighted by atomic mass is 9.86. The maximum absolute atomic E-state index is 12.0. The number of rotatable bonds is 5. The zero-order chi connectivity index (χ0) is 17.6. The second-order valence-corrected chi connectivity index (χ2v) is 6.19. The molecule has 1 fully saturated rings. The molecule has 8 heteroatoms. The van der Waals surface area contributed by atoms with Crippen molar-refractivity contribution in [2.45, 2.75) is 38.3 Å². The summed E-state index contributed by atoms with van der Waals surface area (Å²) in [6.45, 7) is 0.382. The Morgan fingerprint density at radius 1 is 1.24 bits per heavy atom. The summed E-state index contributed by atoms with van der Waals surface area (Å²) in [5, 5.41) is 18.9. The quantitative estimate of drug-likeness (QED) is 0.766. The number of nitrogens with one attached hydrogen (secondary N) is 2. The number of urea groups is 1. The van der Waals surface area contributed by atoms with E-state index in [0.29, 0.717) is 38.0 Å². The lowest BCUT2D eigenvalue weighted by molar-refractivity contribution is -0.142. The number of carbonyl (C=O) groups excluding carboxylic acids is 1. The van der Waals surface area contributed by atoms with Crippen molar-refractivity contribution in [3.05, 3.63) is 42.4 Å². The number of carboxylic acids is 1. The van der Waals surface area contributed by atoms with Crippen LogP contribution >= 0.6 is 0 Å². The molecule has 0 aliphatic heterocycles. The minimum Gasteiger partial charge on any atom is -0.481 e. The Balaban J connectivity index is 1.47.